The quantitative estimate of drug-likeness (QED) is 0.463. The lowest BCUT2D eigenvalue weighted by molar-refractivity contribution is -0.115. The van der Waals surface area contributed by atoms with Crippen LogP contribution in [0, 0.1) is 12.7 Å². The van der Waals surface area contributed by atoms with Crippen molar-refractivity contribution in [3.63, 3.8) is 0 Å². The summed E-state index contributed by atoms with van der Waals surface area (Å²) in [5.74, 6) is 0.0160. The lowest BCUT2D eigenvalue weighted by Crippen LogP contribution is -2.32. The summed E-state index contributed by atoms with van der Waals surface area (Å²) in [6, 6.07) is 27.7. The van der Waals surface area contributed by atoms with Gasteiger partial charge in [-0.25, -0.2) is 9.07 Å². The van der Waals surface area contributed by atoms with Gasteiger partial charge in [-0.3, -0.25) is 10.1 Å². The van der Waals surface area contributed by atoms with Crippen molar-refractivity contribution >= 4 is 11.7 Å². The maximum Gasteiger partial charge on any atom is 0.239 e. The number of rotatable bonds is 7. The number of hydrogen-bond donors (Lipinski definition) is 2. The standard InChI is InChI=1S/C25H23FN4O/c1-18-16-23(30(29-18)22-14-12-21(26)13-15-22)28-24(31)17-27-25(19-8-4-2-5-9-19)20-10-6-3-7-11-20/h2-16,25,27H,17H2,1H3,(H,28,31). The van der Waals surface area contributed by atoms with Gasteiger partial charge in [0.05, 0.1) is 24.0 Å². The van der Waals surface area contributed by atoms with E-state index >= 15 is 0 Å². The Kier molecular flexibility index (Phi) is 6.19. The van der Waals surface area contributed by atoms with Crippen molar-refractivity contribution in [2.75, 3.05) is 11.9 Å². The second-order valence-corrected chi connectivity index (χ2v) is 7.24. The highest BCUT2D eigenvalue weighted by molar-refractivity contribution is 5.91. The molecule has 0 bridgehead atoms. The van der Waals surface area contributed by atoms with Crippen LogP contribution < -0.4 is 10.6 Å². The Bertz CT molecular complexity index is 1100. The third-order valence-electron chi connectivity index (χ3n) is 4.90. The van der Waals surface area contributed by atoms with Crippen LogP contribution in [0.15, 0.2) is 91.0 Å². The topological polar surface area (TPSA) is 59.0 Å². The average molecular weight is 414 g/mol. The van der Waals surface area contributed by atoms with Crippen LogP contribution in [0.4, 0.5) is 10.2 Å². The fourth-order valence-electron chi connectivity index (χ4n) is 3.47. The lowest BCUT2D eigenvalue weighted by atomic mass is 9.99. The number of nitrogens with one attached hydrogen (secondary N) is 2. The molecule has 0 fully saturated rings. The number of amides is 1. The van der Waals surface area contributed by atoms with Gasteiger partial charge >= 0.3 is 0 Å². The van der Waals surface area contributed by atoms with Crippen LogP contribution >= 0.6 is 0 Å². The van der Waals surface area contributed by atoms with E-state index in [2.05, 4.69) is 15.7 Å². The molecule has 0 aliphatic carbocycles. The summed E-state index contributed by atoms with van der Waals surface area (Å²) in [4.78, 5) is 12.8. The molecule has 1 amide bonds. The van der Waals surface area contributed by atoms with Crippen LogP contribution in [0.25, 0.3) is 5.69 Å². The largest absolute Gasteiger partial charge is 0.309 e. The van der Waals surface area contributed by atoms with Crippen molar-refractivity contribution in [3.05, 3.63) is 114 Å². The Morgan fingerprint density at radius 1 is 0.935 bits per heavy atom. The Morgan fingerprint density at radius 3 is 2.10 bits per heavy atom. The molecule has 0 atom stereocenters. The Balaban J connectivity index is 1.49. The van der Waals surface area contributed by atoms with Gasteiger partial charge in [0.25, 0.3) is 0 Å². The SMILES string of the molecule is Cc1cc(NC(=O)CNC(c2ccccc2)c2ccccc2)n(-c2ccc(F)cc2)n1. The monoisotopic (exact) mass is 414 g/mol. The minimum absolute atomic E-state index is 0.113. The molecule has 3 aromatic carbocycles. The number of nitrogens with zero attached hydrogens (tertiary/aromatic N) is 2. The summed E-state index contributed by atoms with van der Waals surface area (Å²) < 4.78 is 14.9. The van der Waals surface area contributed by atoms with Gasteiger partial charge in [0, 0.05) is 6.07 Å². The van der Waals surface area contributed by atoms with Gasteiger partial charge in [-0.15, -0.1) is 0 Å². The van der Waals surface area contributed by atoms with Gasteiger partial charge in [-0.2, -0.15) is 5.10 Å². The molecule has 31 heavy (non-hydrogen) atoms. The van der Waals surface area contributed by atoms with Crippen LogP contribution in [0.2, 0.25) is 0 Å². The molecule has 0 saturated heterocycles. The number of benzene rings is 3. The van der Waals surface area contributed by atoms with Crippen LogP contribution in [0.3, 0.4) is 0 Å². The van der Waals surface area contributed by atoms with Crippen molar-refractivity contribution in [3.8, 4) is 5.69 Å². The number of carbonyl (C=O) groups excluding carboxylic acids is 1. The lowest BCUT2D eigenvalue weighted by Gasteiger charge is -2.20. The van der Waals surface area contributed by atoms with Crippen molar-refractivity contribution in [1.29, 1.82) is 0 Å². The van der Waals surface area contributed by atoms with Crippen LogP contribution in [0.5, 0.6) is 0 Å². The molecule has 0 unspecified atom stereocenters. The van der Waals surface area contributed by atoms with E-state index in [9.17, 15) is 9.18 Å². The summed E-state index contributed by atoms with van der Waals surface area (Å²) in [6.45, 7) is 1.96. The molecule has 2 N–H and O–H groups in total. The molecular formula is C25H23FN4O. The summed E-state index contributed by atoms with van der Waals surface area (Å²) in [5.41, 5.74) is 3.57. The van der Waals surface area contributed by atoms with Crippen LogP contribution in [-0.4, -0.2) is 22.2 Å². The maximum absolute atomic E-state index is 13.3. The van der Waals surface area contributed by atoms with Crippen molar-refractivity contribution in [2.45, 2.75) is 13.0 Å². The van der Waals surface area contributed by atoms with E-state index in [4.69, 9.17) is 0 Å². The average Bonchev–Trinajstić information content (AvgIpc) is 3.15. The van der Waals surface area contributed by atoms with E-state index in [0.717, 1.165) is 16.8 Å². The minimum Gasteiger partial charge on any atom is -0.309 e. The third-order valence-corrected chi connectivity index (χ3v) is 4.90. The number of hydrogen-bond acceptors (Lipinski definition) is 3. The van der Waals surface area contributed by atoms with Crippen LogP contribution in [-0.2, 0) is 4.79 Å². The maximum atomic E-state index is 13.3. The first kappa shape index (κ1) is 20.5. The molecule has 0 saturated carbocycles. The first-order valence-electron chi connectivity index (χ1n) is 10.1. The molecule has 4 aromatic rings. The van der Waals surface area contributed by atoms with Crippen molar-refractivity contribution in [1.82, 2.24) is 15.1 Å². The molecule has 0 aliphatic rings. The molecular weight excluding hydrogens is 391 g/mol. The van der Waals surface area contributed by atoms with Gasteiger partial charge < -0.3 is 5.32 Å². The zero-order valence-corrected chi connectivity index (χ0v) is 17.1. The molecule has 0 radical (unpaired) electrons. The smallest absolute Gasteiger partial charge is 0.239 e. The predicted octanol–water partition coefficient (Wildman–Crippen LogP) is 4.64. The number of aromatic nitrogens is 2. The molecule has 1 aromatic heterocycles. The van der Waals surface area contributed by atoms with E-state index in [1.54, 1.807) is 22.9 Å². The second-order valence-electron chi connectivity index (χ2n) is 7.24. The zero-order valence-electron chi connectivity index (χ0n) is 17.1. The molecule has 4 rings (SSSR count). The predicted molar refractivity (Wildman–Crippen MR) is 120 cm³/mol. The van der Waals surface area contributed by atoms with Crippen molar-refractivity contribution in [2.24, 2.45) is 0 Å². The number of anilines is 1. The van der Waals surface area contributed by atoms with Gasteiger partial charge in [-0.05, 0) is 42.3 Å². The molecule has 5 nitrogen and oxygen atoms in total. The Hall–Kier alpha value is -3.77. The van der Waals surface area contributed by atoms with E-state index in [1.165, 1.54) is 12.1 Å². The molecule has 6 heteroatoms. The van der Waals surface area contributed by atoms with E-state index < -0.39 is 0 Å². The summed E-state index contributed by atoms with van der Waals surface area (Å²) in [5, 5.41) is 10.7. The minimum atomic E-state index is -0.324. The first-order valence-corrected chi connectivity index (χ1v) is 10.1. The zero-order chi connectivity index (χ0) is 21.6. The molecule has 0 aliphatic heterocycles. The third kappa shape index (κ3) is 5.05. The summed E-state index contributed by atoms with van der Waals surface area (Å²) in [7, 11) is 0. The van der Waals surface area contributed by atoms with Gasteiger partial charge in [0.15, 0.2) is 0 Å². The summed E-state index contributed by atoms with van der Waals surface area (Å²) >= 11 is 0. The van der Waals surface area contributed by atoms with E-state index in [-0.39, 0.29) is 24.3 Å². The van der Waals surface area contributed by atoms with Crippen LogP contribution in [0.1, 0.15) is 22.9 Å². The normalized spacial score (nSPS) is 10.9. The number of aryl methyl sites for hydroxylation is 1. The van der Waals surface area contributed by atoms with E-state index in [0.29, 0.717) is 11.5 Å². The Labute approximate surface area is 180 Å². The Morgan fingerprint density at radius 2 is 1.52 bits per heavy atom. The van der Waals surface area contributed by atoms with Crippen molar-refractivity contribution < 1.29 is 9.18 Å². The molecule has 156 valence electrons. The van der Waals surface area contributed by atoms with Gasteiger partial charge in [-0.1, -0.05) is 60.7 Å². The number of carbonyl (C=O) groups is 1. The van der Waals surface area contributed by atoms with E-state index in [1.807, 2.05) is 67.6 Å². The van der Waals surface area contributed by atoms with Gasteiger partial charge in [0.1, 0.15) is 11.6 Å². The first-order chi connectivity index (χ1) is 15.1. The highest BCUT2D eigenvalue weighted by Crippen LogP contribution is 2.22. The highest BCUT2D eigenvalue weighted by Gasteiger charge is 2.16. The fraction of sp³-hybridized carbons (Fsp3) is 0.120. The fourth-order valence-corrected chi connectivity index (χ4v) is 3.47. The summed E-state index contributed by atoms with van der Waals surface area (Å²) in [6.07, 6.45) is 0. The second kappa shape index (κ2) is 9.36. The molecule has 0 spiro atoms. The molecule has 1 heterocycles. The van der Waals surface area contributed by atoms with Gasteiger partial charge in [0.2, 0.25) is 5.91 Å². The highest BCUT2D eigenvalue weighted by atomic mass is 19.1. The number of halogens is 1.